The van der Waals surface area contributed by atoms with E-state index in [-0.39, 0.29) is 5.57 Å². The molecule has 1 N–H and O–H groups in total. The van der Waals surface area contributed by atoms with Crippen molar-refractivity contribution in [1.82, 2.24) is 5.43 Å². The van der Waals surface area contributed by atoms with Crippen LogP contribution >= 0.6 is 11.6 Å². The van der Waals surface area contributed by atoms with Crippen LogP contribution < -0.4 is 15.2 Å². The number of ether oxygens (including phenoxy) is 1. The summed E-state index contributed by atoms with van der Waals surface area (Å²) in [5.74, 6) is -0.323. The Labute approximate surface area is 144 Å². The minimum absolute atomic E-state index is 0.0381. The maximum absolute atomic E-state index is 12.6. The number of rotatable bonds is 3. The first-order valence-electron chi connectivity index (χ1n) is 7.27. The standard InChI is InChI=1S/C18H15ClN2O3/c1-11-7-8-13(10-15(11)19)21-18(23)14(17(22)20-21)9-12-5-3-4-6-16(12)24-2/h3-10H,1-2H3,(H,20,22)/b14-9+. The second-order valence-corrected chi connectivity index (χ2v) is 5.72. The number of hydrogen-bond acceptors (Lipinski definition) is 3. The molecule has 1 aliphatic rings. The van der Waals surface area contributed by atoms with E-state index in [2.05, 4.69) is 5.43 Å². The highest BCUT2D eigenvalue weighted by Gasteiger charge is 2.34. The Bertz CT molecular complexity index is 861. The third-order valence-corrected chi connectivity index (χ3v) is 4.15. The molecule has 1 fully saturated rings. The molecule has 0 radical (unpaired) electrons. The number of carbonyl (C=O) groups excluding carboxylic acids is 2. The molecule has 0 bridgehead atoms. The van der Waals surface area contributed by atoms with Gasteiger partial charge in [0.2, 0.25) is 0 Å². The number of amides is 2. The molecule has 3 rings (SSSR count). The molecule has 24 heavy (non-hydrogen) atoms. The van der Waals surface area contributed by atoms with Crippen molar-refractivity contribution < 1.29 is 14.3 Å². The summed E-state index contributed by atoms with van der Waals surface area (Å²) in [5.41, 5.74) is 4.64. The van der Waals surface area contributed by atoms with Crippen LogP contribution in [0, 0.1) is 6.92 Å². The molecule has 1 aliphatic heterocycles. The quantitative estimate of drug-likeness (QED) is 0.688. The van der Waals surface area contributed by atoms with Gasteiger partial charge in [0.25, 0.3) is 11.8 Å². The molecule has 5 nitrogen and oxygen atoms in total. The van der Waals surface area contributed by atoms with Gasteiger partial charge in [-0.25, -0.2) is 5.01 Å². The number of anilines is 1. The highest BCUT2D eigenvalue weighted by atomic mass is 35.5. The summed E-state index contributed by atoms with van der Waals surface area (Å²) in [6.45, 7) is 1.86. The lowest BCUT2D eigenvalue weighted by Crippen LogP contribution is -2.35. The monoisotopic (exact) mass is 342 g/mol. The fourth-order valence-electron chi connectivity index (χ4n) is 2.40. The van der Waals surface area contributed by atoms with Crippen LogP contribution in [-0.4, -0.2) is 18.9 Å². The van der Waals surface area contributed by atoms with Crippen molar-refractivity contribution in [2.24, 2.45) is 0 Å². The summed E-state index contributed by atoms with van der Waals surface area (Å²) in [5, 5.41) is 1.71. The lowest BCUT2D eigenvalue weighted by atomic mass is 10.1. The molecule has 2 aromatic rings. The average molecular weight is 343 g/mol. The van der Waals surface area contributed by atoms with Gasteiger partial charge in [-0.2, -0.15) is 0 Å². The van der Waals surface area contributed by atoms with Gasteiger partial charge in [-0.15, -0.1) is 0 Å². The Balaban J connectivity index is 1.97. The van der Waals surface area contributed by atoms with Gasteiger partial charge in [-0.05, 0) is 36.8 Å². The zero-order valence-corrected chi connectivity index (χ0v) is 13.9. The minimum atomic E-state index is -0.470. The third kappa shape index (κ3) is 2.86. The van der Waals surface area contributed by atoms with Gasteiger partial charge in [-0.3, -0.25) is 15.0 Å². The predicted octanol–water partition coefficient (Wildman–Crippen LogP) is 3.12. The van der Waals surface area contributed by atoms with Crippen LogP contribution in [0.3, 0.4) is 0 Å². The number of methoxy groups -OCH3 is 1. The predicted molar refractivity (Wildman–Crippen MR) is 92.8 cm³/mol. The van der Waals surface area contributed by atoms with E-state index in [1.165, 1.54) is 18.2 Å². The maximum Gasteiger partial charge on any atom is 0.282 e. The second kappa shape index (κ2) is 6.37. The molecule has 1 saturated heterocycles. The van der Waals surface area contributed by atoms with Crippen molar-refractivity contribution in [2.75, 3.05) is 12.1 Å². The smallest absolute Gasteiger partial charge is 0.282 e. The Kier molecular flexibility index (Phi) is 4.27. The molecule has 0 atom stereocenters. The molecule has 6 heteroatoms. The van der Waals surface area contributed by atoms with Crippen LogP contribution in [0.5, 0.6) is 5.75 Å². The van der Waals surface area contributed by atoms with Gasteiger partial charge < -0.3 is 4.74 Å². The highest BCUT2D eigenvalue weighted by Crippen LogP contribution is 2.27. The van der Waals surface area contributed by atoms with Crippen molar-refractivity contribution in [2.45, 2.75) is 6.92 Å². The van der Waals surface area contributed by atoms with Crippen LogP contribution in [0.25, 0.3) is 6.08 Å². The van der Waals surface area contributed by atoms with E-state index in [1.807, 2.05) is 19.1 Å². The Hall–Kier alpha value is -2.79. The number of halogens is 1. The first kappa shape index (κ1) is 16.1. The van der Waals surface area contributed by atoms with Gasteiger partial charge in [0, 0.05) is 10.6 Å². The number of benzene rings is 2. The summed E-state index contributed by atoms with van der Waals surface area (Å²) >= 11 is 6.10. The molecule has 0 spiro atoms. The molecular weight excluding hydrogens is 328 g/mol. The average Bonchev–Trinajstić information content (AvgIpc) is 2.86. The molecule has 2 amide bonds. The molecule has 1 heterocycles. The van der Waals surface area contributed by atoms with Crippen molar-refractivity contribution >= 4 is 35.2 Å². The van der Waals surface area contributed by atoms with Crippen LogP contribution in [0.15, 0.2) is 48.0 Å². The van der Waals surface area contributed by atoms with E-state index < -0.39 is 11.8 Å². The zero-order chi connectivity index (χ0) is 17.3. The van der Waals surface area contributed by atoms with Crippen molar-refractivity contribution in [3.8, 4) is 5.75 Å². The van der Waals surface area contributed by atoms with Crippen LogP contribution in [0.2, 0.25) is 5.02 Å². The fraction of sp³-hybridized carbons (Fsp3) is 0.111. The number of hydrogen-bond donors (Lipinski definition) is 1. The summed E-state index contributed by atoms with van der Waals surface area (Å²) < 4.78 is 5.25. The molecule has 0 unspecified atom stereocenters. The van der Waals surface area contributed by atoms with E-state index in [0.717, 1.165) is 5.56 Å². The first-order chi connectivity index (χ1) is 11.5. The zero-order valence-electron chi connectivity index (χ0n) is 13.2. The molecular formula is C18H15ClN2O3. The normalized spacial score (nSPS) is 15.8. The van der Waals surface area contributed by atoms with Crippen LogP contribution in [0.1, 0.15) is 11.1 Å². The van der Waals surface area contributed by atoms with E-state index >= 15 is 0 Å². The maximum atomic E-state index is 12.6. The summed E-state index contributed by atoms with van der Waals surface area (Å²) in [6, 6.07) is 12.3. The van der Waals surface area contributed by atoms with Gasteiger partial charge >= 0.3 is 0 Å². The number of nitrogens with zero attached hydrogens (tertiary/aromatic N) is 1. The largest absolute Gasteiger partial charge is 0.496 e. The number of carbonyl (C=O) groups is 2. The lowest BCUT2D eigenvalue weighted by molar-refractivity contribution is -0.117. The van der Waals surface area contributed by atoms with E-state index in [1.54, 1.807) is 30.3 Å². The highest BCUT2D eigenvalue weighted by molar-refractivity contribution is 6.33. The van der Waals surface area contributed by atoms with Crippen molar-refractivity contribution in [3.63, 3.8) is 0 Å². The lowest BCUT2D eigenvalue weighted by Gasteiger charge is -2.15. The van der Waals surface area contributed by atoms with E-state index in [9.17, 15) is 9.59 Å². The summed E-state index contributed by atoms with van der Waals surface area (Å²) in [6.07, 6.45) is 1.52. The van der Waals surface area contributed by atoms with E-state index in [4.69, 9.17) is 16.3 Å². The topological polar surface area (TPSA) is 58.6 Å². The number of hydrazine groups is 1. The van der Waals surface area contributed by atoms with Gasteiger partial charge in [0.1, 0.15) is 11.3 Å². The van der Waals surface area contributed by atoms with Crippen molar-refractivity contribution in [3.05, 3.63) is 64.2 Å². The van der Waals surface area contributed by atoms with Gasteiger partial charge in [-0.1, -0.05) is 35.9 Å². The third-order valence-electron chi connectivity index (χ3n) is 3.74. The van der Waals surface area contributed by atoms with Gasteiger partial charge in [0.05, 0.1) is 12.8 Å². The summed E-state index contributed by atoms with van der Waals surface area (Å²) in [7, 11) is 1.54. The molecule has 0 aliphatic carbocycles. The number of aryl methyl sites for hydroxylation is 1. The molecule has 122 valence electrons. The van der Waals surface area contributed by atoms with Crippen LogP contribution in [0.4, 0.5) is 5.69 Å². The van der Waals surface area contributed by atoms with Gasteiger partial charge in [0.15, 0.2) is 0 Å². The Morgan fingerprint density at radius 1 is 1.17 bits per heavy atom. The minimum Gasteiger partial charge on any atom is -0.496 e. The SMILES string of the molecule is COc1ccccc1/C=C1\C(=O)NN(c2ccc(C)c(Cl)c2)C1=O. The Morgan fingerprint density at radius 2 is 1.92 bits per heavy atom. The van der Waals surface area contributed by atoms with Crippen molar-refractivity contribution in [1.29, 1.82) is 0 Å². The summed E-state index contributed by atoms with van der Waals surface area (Å²) in [4.78, 5) is 24.8. The number of nitrogens with one attached hydrogen (secondary N) is 1. The van der Waals surface area contributed by atoms with E-state index in [0.29, 0.717) is 22.0 Å². The Morgan fingerprint density at radius 3 is 2.62 bits per heavy atom. The molecule has 0 aromatic heterocycles. The fourth-order valence-corrected chi connectivity index (χ4v) is 2.58. The second-order valence-electron chi connectivity index (χ2n) is 5.31. The number of para-hydroxylation sites is 1. The first-order valence-corrected chi connectivity index (χ1v) is 7.65. The van der Waals surface area contributed by atoms with Crippen LogP contribution in [-0.2, 0) is 9.59 Å². The molecule has 0 saturated carbocycles. The molecule has 2 aromatic carbocycles.